The highest BCUT2D eigenvalue weighted by Gasteiger charge is 2.41. The van der Waals surface area contributed by atoms with E-state index in [1.807, 2.05) is 0 Å². The summed E-state index contributed by atoms with van der Waals surface area (Å²) < 4.78 is 18.1. The summed E-state index contributed by atoms with van der Waals surface area (Å²) in [7, 11) is 0. The van der Waals surface area contributed by atoms with Crippen LogP contribution in [0.5, 0.6) is 0 Å². The molecule has 1 heterocycles. The number of amides is 1. The number of rotatable bonds is 1. The number of alkyl halides is 1. The van der Waals surface area contributed by atoms with Gasteiger partial charge in [0.25, 0.3) is 0 Å². The third-order valence-corrected chi connectivity index (χ3v) is 2.17. The lowest BCUT2D eigenvalue weighted by Gasteiger charge is -2.25. The normalized spacial score (nSPS) is 25.6. The van der Waals surface area contributed by atoms with Gasteiger partial charge in [-0.2, -0.15) is 0 Å². The van der Waals surface area contributed by atoms with Gasteiger partial charge in [0.05, 0.1) is 6.54 Å². The van der Waals surface area contributed by atoms with Gasteiger partial charge >= 0.3 is 12.1 Å². The first-order valence-corrected chi connectivity index (χ1v) is 5.07. The monoisotopic (exact) mass is 233 g/mol. The SMILES string of the molecule is CC(C)(C)OC(=O)C1CC(F)CN1C(=O)O. The third kappa shape index (κ3) is 3.08. The fourth-order valence-corrected chi connectivity index (χ4v) is 1.59. The van der Waals surface area contributed by atoms with E-state index in [4.69, 9.17) is 9.84 Å². The van der Waals surface area contributed by atoms with Gasteiger partial charge in [0.15, 0.2) is 0 Å². The third-order valence-electron chi connectivity index (χ3n) is 2.17. The Labute approximate surface area is 93.2 Å². The van der Waals surface area contributed by atoms with Crippen molar-refractivity contribution in [2.45, 2.75) is 45.0 Å². The summed E-state index contributed by atoms with van der Waals surface area (Å²) in [5.41, 5.74) is -0.699. The molecule has 0 bridgehead atoms. The summed E-state index contributed by atoms with van der Waals surface area (Å²) in [4.78, 5) is 23.2. The second-order valence-corrected chi connectivity index (χ2v) is 4.82. The largest absolute Gasteiger partial charge is 0.465 e. The molecule has 1 saturated heterocycles. The van der Waals surface area contributed by atoms with Crippen LogP contribution < -0.4 is 0 Å². The van der Waals surface area contributed by atoms with Gasteiger partial charge in [-0.05, 0) is 20.8 Å². The van der Waals surface area contributed by atoms with Gasteiger partial charge in [-0.1, -0.05) is 0 Å². The summed E-state index contributed by atoms with van der Waals surface area (Å²) in [6.45, 7) is 4.77. The highest BCUT2D eigenvalue weighted by atomic mass is 19.1. The zero-order valence-corrected chi connectivity index (χ0v) is 9.57. The van der Waals surface area contributed by atoms with Crippen molar-refractivity contribution in [2.75, 3.05) is 6.54 Å². The van der Waals surface area contributed by atoms with Crippen LogP contribution in [-0.4, -0.2) is 46.4 Å². The molecular weight excluding hydrogens is 217 g/mol. The molecule has 92 valence electrons. The number of halogens is 1. The van der Waals surface area contributed by atoms with Crippen LogP contribution in [0, 0.1) is 0 Å². The molecule has 0 aromatic rings. The molecule has 0 aromatic heterocycles. The number of esters is 1. The standard InChI is InChI=1S/C10H16FNO4/c1-10(2,3)16-8(13)7-4-6(11)5-12(7)9(14)15/h6-7H,4-5H2,1-3H3,(H,14,15). The fraction of sp³-hybridized carbons (Fsp3) is 0.800. The molecule has 1 aliphatic rings. The molecule has 16 heavy (non-hydrogen) atoms. The summed E-state index contributed by atoms with van der Waals surface area (Å²) in [5, 5.41) is 8.80. The minimum Gasteiger partial charge on any atom is -0.465 e. The summed E-state index contributed by atoms with van der Waals surface area (Å²) >= 11 is 0. The molecule has 0 radical (unpaired) electrons. The van der Waals surface area contributed by atoms with Crippen LogP contribution in [0.15, 0.2) is 0 Å². The molecule has 0 spiro atoms. The molecule has 0 saturated carbocycles. The smallest absolute Gasteiger partial charge is 0.408 e. The topological polar surface area (TPSA) is 66.8 Å². The Hall–Kier alpha value is -1.33. The van der Waals surface area contributed by atoms with E-state index in [2.05, 4.69) is 0 Å². The van der Waals surface area contributed by atoms with E-state index in [9.17, 15) is 14.0 Å². The van der Waals surface area contributed by atoms with Crippen molar-refractivity contribution in [1.82, 2.24) is 4.90 Å². The Balaban J connectivity index is 2.71. The number of hydrogen-bond donors (Lipinski definition) is 1. The van der Waals surface area contributed by atoms with Crippen molar-refractivity contribution in [3.63, 3.8) is 0 Å². The molecule has 1 fully saturated rings. The second kappa shape index (κ2) is 4.27. The van der Waals surface area contributed by atoms with Crippen molar-refractivity contribution < 1.29 is 23.8 Å². The van der Waals surface area contributed by atoms with Crippen molar-refractivity contribution in [1.29, 1.82) is 0 Å². The summed E-state index contributed by atoms with van der Waals surface area (Å²) in [6, 6.07) is -1.02. The molecule has 1 N–H and O–H groups in total. The van der Waals surface area contributed by atoms with Crippen molar-refractivity contribution in [3.05, 3.63) is 0 Å². The lowest BCUT2D eigenvalue weighted by Crippen LogP contribution is -2.42. The molecule has 1 amide bonds. The zero-order chi connectivity index (χ0) is 12.5. The van der Waals surface area contributed by atoms with Crippen molar-refractivity contribution >= 4 is 12.1 Å². The van der Waals surface area contributed by atoms with Gasteiger partial charge in [-0.3, -0.25) is 4.90 Å². The number of ether oxygens (including phenoxy) is 1. The van der Waals surface area contributed by atoms with Gasteiger partial charge in [-0.15, -0.1) is 0 Å². The molecule has 5 nitrogen and oxygen atoms in total. The van der Waals surface area contributed by atoms with Crippen LogP contribution in [0.3, 0.4) is 0 Å². The van der Waals surface area contributed by atoms with E-state index in [1.54, 1.807) is 20.8 Å². The van der Waals surface area contributed by atoms with Gasteiger partial charge in [0.1, 0.15) is 17.8 Å². The van der Waals surface area contributed by atoms with Crippen LogP contribution in [0.25, 0.3) is 0 Å². The first-order valence-electron chi connectivity index (χ1n) is 5.07. The van der Waals surface area contributed by atoms with Gasteiger partial charge in [0.2, 0.25) is 0 Å². The van der Waals surface area contributed by atoms with Crippen LogP contribution in [0.1, 0.15) is 27.2 Å². The fourth-order valence-electron chi connectivity index (χ4n) is 1.59. The van der Waals surface area contributed by atoms with Gasteiger partial charge < -0.3 is 9.84 Å². The second-order valence-electron chi connectivity index (χ2n) is 4.82. The van der Waals surface area contributed by atoms with E-state index in [0.29, 0.717) is 0 Å². The summed E-state index contributed by atoms with van der Waals surface area (Å²) in [5.74, 6) is -0.685. The maximum Gasteiger partial charge on any atom is 0.408 e. The van der Waals surface area contributed by atoms with E-state index in [-0.39, 0.29) is 13.0 Å². The summed E-state index contributed by atoms with van der Waals surface area (Å²) in [6.07, 6.45) is -2.72. The number of carbonyl (C=O) groups excluding carboxylic acids is 1. The van der Waals surface area contributed by atoms with Crippen LogP contribution >= 0.6 is 0 Å². The average molecular weight is 233 g/mol. The van der Waals surface area contributed by atoms with Crippen molar-refractivity contribution in [3.8, 4) is 0 Å². The molecule has 0 aromatic carbocycles. The highest BCUT2D eigenvalue weighted by molar-refractivity contribution is 5.81. The number of nitrogens with zero attached hydrogens (tertiary/aromatic N) is 1. The number of carbonyl (C=O) groups is 2. The van der Waals surface area contributed by atoms with E-state index >= 15 is 0 Å². The predicted octanol–water partition coefficient (Wildman–Crippen LogP) is 1.42. The van der Waals surface area contributed by atoms with Gasteiger partial charge in [0, 0.05) is 6.42 Å². The van der Waals surface area contributed by atoms with Gasteiger partial charge in [-0.25, -0.2) is 14.0 Å². The lowest BCUT2D eigenvalue weighted by molar-refractivity contribution is -0.159. The van der Waals surface area contributed by atoms with Crippen LogP contribution in [0.4, 0.5) is 9.18 Å². The van der Waals surface area contributed by atoms with Crippen LogP contribution in [-0.2, 0) is 9.53 Å². The van der Waals surface area contributed by atoms with E-state index in [0.717, 1.165) is 4.90 Å². The van der Waals surface area contributed by atoms with Crippen molar-refractivity contribution in [2.24, 2.45) is 0 Å². The van der Waals surface area contributed by atoms with E-state index in [1.165, 1.54) is 0 Å². The maximum absolute atomic E-state index is 13.1. The Kier molecular flexibility index (Phi) is 3.40. The molecule has 0 aliphatic carbocycles. The minimum absolute atomic E-state index is 0.124. The van der Waals surface area contributed by atoms with Crippen LogP contribution in [0.2, 0.25) is 0 Å². The predicted molar refractivity (Wildman–Crippen MR) is 53.9 cm³/mol. The molecule has 6 heteroatoms. The lowest BCUT2D eigenvalue weighted by atomic mass is 10.1. The first kappa shape index (κ1) is 12.7. The Morgan fingerprint density at radius 3 is 2.44 bits per heavy atom. The first-order chi connectivity index (χ1) is 7.20. The highest BCUT2D eigenvalue weighted by Crippen LogP contribution is 2.23. The maximum atomic E-state index is 13.1. The van der Waals surface area contributed by atoms with E-state index < -0.39 is 29.9 Å². The number of hydrogen-bond acceptors (Lipinski definition) is 3. The quantitative estimate of drug-likeness (QED) is 0.695. The molecular formula is C10H16FNO4. The zero-order valence-electron chi connectivity index (χ0n) is 9.57. The Morgan fingerprint density at radius 1 is 1.44 bits per heavy atom. The molecule has 1 aliphatic heterocycles. The average Bonchev–Trinajstić information content (AvgIpc) is 2.44. The Bertz CT molecular complexity index is 300. The molecule has 1 rings (SSSR count). The Morgan fingerprint density at radius 2 is 2.00 bits per heavy atom. The number of likely N-dealkylation sites (tertiary alicyclic amines) is 1. The number of carboxylic acid groups (broad SMARTS) is 1. The molecule has 2 unspecified atom stereocenters. The molecule has 2 atom stereocenters. The minimum atomic E-state index is -1.30.